The minimum absolute atomic E-state index is 0.125. The summed E-state index contributed by atoms with van der Waals surface area (Å²) in [7, 11) is 2.56. The minimum atomic E-state index is -0.771. The van der Waals surface area contributed by atoms with Gasteiger partial charge in [-0.15, -0.1) is 0 Å². The van der Waals surface area contributed by atoms with E-state index in [4.69, 9.17) is 9.72 Å². The molecule has 0 aliphatic carbocycles. The average molecular weight is 795 g/mol. The Bertz CT molecular complexity index is 2460. The maximum Gasteiger partial charge on any atom is 0.407 e. The van der Waals surface area contributed by atoms with Crippen molar-refractivity contribution in [2.45, 2.75) is 50.2 Å². The van der Waals surface area contributed by atoms with Gasteiger partial charge in [-0.3, -0.25) is 9.59 Å². The second-order valence-electron chi connectivity index (χ2n) is 14.9. The molecule has 14 heteroatoms. The van der Waals surface area contributed by atoms with Gasteiger partial charge in [-0.25, -0.2) is 19.6 Å². The third-order valence-corrected chi connectivity index (χ3v) is 11.2. The van der Waals surface area contributed by atoms with E-state index < -0.39 is 18.2 Å². The molecule has 8 rings (SSSR count). The van der Waals surface area contributed by atoms with Crippen LogP contribution in [0.25, 0.3) is 44.4 Å². The van der Waals surface area contributed by atoms with Crippen LogP contribution in [0.1, 0.15) is 55.0 Å². The van der Waals surface area contributed by atoms with Gasteiger partial charge in [0.25, 0.3) is 0 Å². The molecule has 4 heterocycles. The Labute approximate surface area is 341 Å². The predicted molar refractivity (Wildman–Crippen MR) is 222 cm³/mol. The van der Waals surface area contributed by atoms with Crippen molar-refractivity contribution >= 4 is 34.8 Å². The summed E-state index contributed by atoms with van der Waals surface area (Å²) in [5.74, 6) is 1.10. The number of fused-ring (bicyclic) bond motifs is 1. The number of carbonyl (C=O) groups is 4. The van der Waals surface area contributed by atoms with Crippen LogP contribution in [0.15, 0.2) is 103 Å². The molecule has 2 aromatic heterocycles. The Morgan fingerprint density at radius 1 is 0.695 bits per heavy atom. The second-order valence-corrected chi connectivity index (χ2v) is 14.9. The molecule has 0 saturated carbocycles. The van der Waals surface area contributed by atoms with Crippen molar-refractivity contribution in [3.8, 4) is 33.6 Å². The van der Waals surface area contributed by atoms with E-state index in [1.54, 1.807) is 11.1 Å². The zero-order chi connectivity index (χ0) is 40.9. The van der Waals surface area contributed by atoms with E-state index in [1.165, 1.54) is 14.2 Å². The van der Waals surface area contributed by atoms with Crippen LogP contribution < -0.4 is 10.6 Å². The van der Waals surface area contributed by atoms with Gasteiger partial charge in [-0.2, -0.15) is 0 Å². The summed E-state index contributed by atoms with van der Waals surface area (Å²) in [6.07, 6.45) is 5.93. The fraction of sp³-hybridized carbons (Fsp3) is 0.289. The van der Waals surface area contributed by atoms with Crippen LogP contribution in [-0.2, 0) is 25.5 Å². The first kappa shape index (κ1) is 38.9. The number of carbonyl (C=O) groups excluding carboxylic acids is 4. The van der Waals surface area contributed by atoms with Crippen LogP contribution in [0.2, 0.25) is 0 Å². The normalized spacial score (nSPS) is 16.8. The van der Waals surface area contributed by atoms with Gasteiger partial charge in [0.05, 0.1) is 50.1 Å². The van der Waals surface area contributed by atoms with Crippen LogP contribution in [0, 0.1) is 0 Å². The van der Waals surface area contributed by atoms with Gasteiger partial charge < -0.3 is 39.9 Å². The van der Waals surface area contributed by atoms with Gasteiger partial charge in [0.1, 0.15) is 24.2 Å². The highest BCUT2D eigenvalue weighted by Gasteiger charge is 2.37. The number of methoxy groups -OCH3 is 2. The Hall–Kier alpha value is -6.96. The van der Waals surface area contributed by atoms with Crippen molar-refractivity contribution in [1.82, 2.24) is 40.4 Å². The number of H-pyrrole nitrogens is 2. The first-order valence-corrected chi connectivity index (χ1v) is 19.8. The standard InChI is InChI=1S/C45H46N8O6/c1-58-44(56)48-27-40(54)52-20-6-10-38(52)41-47-26-37(50-41)34-19-18-32-23-31(16-17-33(32)24-34)29-12-14-30(15-13-29)36-25-46-42(49-36)39-11-7-21-53(39)43(55)35(51-45(57)59-2)22-28-8-4-3-5-9-28/h3-5,8-9,12-19,23-26,35,38-39H,6-7,10-11,20-22,27H2,1-2H3,(H,46,49)(H,47,50)(H,48,56)(H,51,57)/t35?,38-,39-/m0/s1. The fourth-order valence-electron chi connectivity index (χ4n) is 8.18. The number of benzene rings is 4. The van der Waals surface area contributed by atoms with Crippen LogP contribution in [0.5, 0.6) is 0 Å². The molecule has 14 nitrogen and oxygen atoms in total. The third-order valence-electron chi connectivity index (χ3n) is 11.2. The summed E-state index contributed by atoms with van der Waals surface area (Å²) in [6, 6.07) is 29.5. The SMILES string of the molecule is COC(=O)NCC(=O)N1CCC[C@H]1c1ncc(-c2ccc3cc(-c4ccc(-c5cnc([C@@H]6CCCN6C(=O)C(Cc6ccccc6)NC(=O)OC)[nH]5)cc4)ccc3c2)[nH]1. The molecule has 4 amide bonds. The Morgan fingerprint density at radius 2 is 1.25 bits per heavy atom. The number of amides is 4. The number of aromatic nitrogens is 4. The maximum atomic E-state index is 13.9. The molecule has 4 aromatic carbocycles. The maximum absolute atomic E-state index is 13.9. The molecule has 2 aliphatic heterocycles. The molecule has 6 aromatic rings. The molecular weight excluding hydrogens is 749 g/mol. The minimum Gasteiger partial charge on any atom is -0.453 e. The molecule has 302 valence electrons. The van der Waals surface area contributed by atoms with Crippen LogP contribution in [0.4, 0.5) is 9.59 Å². The largest absolute Gasteiger partial charge is 0.453 e. The van der Waals surface area contributed by atoms with Crippen molar-refractivity contribution in [3.63, 3.8) is 0 Å². The van der Waals surface area contributed by atoms with Gasteiger partial charge >= 0.3 is 12.2 Å². The fourth-order valence-corrected chi connectivity index (χ4v) is 8.18. The number of likely N-dealkylation sites (tertiary alicyclic amines) is 2. The van der Waals surface area contributed by atoms with Gasteiger partial charge in [0.2, 0.25) is 11.8 Å². The van der Waals surface area contributed by atoms with E-state index in [-0.39, 0.29) is 30.4 Å². The lowest BCUT2D eigenvalue weighted by Gasteiger charge is -2.28. The molecule has 3 atom stereocenters. The summed E-state index contributed by atoms with van der Waals surface area (Å²) in [5.41, 5.74) is 6.79. The molecule has 4 N–H and O–H groups in total. The number of alkyl carbamates (subject to hydrolysis) is 2. The number of hydrogen-bond acceptors (Lipinski definition) is 8. The van der Waals surface area contributed by atoms with E-state index in [2.05, 4.69) is 91.0 Å². The van der Waals surface area contributed by atoms with Crippen molar-refractivity contribution in [1.29, 1.82) is 0 Å². The zero-order valence-corrected chi connectivity index (χ0v) is 32.9. The monoisotopic (exact) mass is 794 g/mol. The highest BCUT2D eigenvalue weighted by Crippen LogP contribution is 2.35. The number of nitrogens with one attached hydrogen (secondary N) is 4. The lowest BCUT2D eigenvalue weighted by Crippen LogP contribution is -2.49. The zero-order valence-electron chi connectivity index (χ0n) is 32.9. The molecule has 59 heavy (non-hydrogen) atoms. The second kappa shape index (κ2) is 17.3. The van der Waals surface area contributed by atoms with Crippen molar-refractivity contribution in [2.75, 3.05) is 33.9 Å². The predicted octanol–water partition coefficient (Wildman–Crippen LogP) is 6.94. The number of aromatic amines is 2. The van der Waals surface area contributed by atoms with E-state index in [9.17, 15) is 19.2 Å². The van der Waals surface area contributed by atoms with E-state index in [1.807, 2.05) is 41.4 Å². The molecule has 2 aliphatic rings. The number of rotatable bonds is 11. The van der Waals surface area contributed by atoms with Crippen molar-refractivity contribution in [3.05, 3.63) is 121 Å². The first-order chi connectivity index (χ1) is 28.8. The number of ether oxygens (including phenoxy) is 2. The Balaban J connectivity index is 0.930. The number of hydrogen-bond donors (Lipinski definition) is 4. The summed E-state index contributed by atoms with van der Waals surface area (Å²) < 4.78 is 9.43. The highest BCUT2D eigenvalue weighted by atomic mass is 16.5. The molecule has 1 unspecified atom stereocenters. The lowest BCUT2D eigenvalue weighted by molar-refractivity contribution is -0.134. The molecule has 0 spiro atoms. The first-order valence-electron chi connectivity index (χ1n) is 19.8. The van der Waals surface area contributed by atoms with Crippen LogP contribution >= 0.6 is 0 Å². The summed E-state index contributed by atoms with van der Waals surface area (Å²) in [5, 5.41) is 7.40. The molecule has 0 radical (unpaired) electrons. The Kier molecular flexibility index (Phi) is 11.4. The summed E-state index contributed by atoms with van der Waals surface area (Å²) in [6.45, 7) is 1.05. The molecule has 2 fully saturated rings. The van der Waals surface area contributed by atoms with Crippen molar-refractivity contribution < 1.29 is 28.7 Å². The highest BCUT2D eigenvalue weighted by molar-refractivity contribution is 5.91. The van der Waals surface area contributed by atoms with E-state index >= 15 is 0 Å². The lowest BCUT2D eigenvalue weighted by atomic mass is 9.98. The molecule has 0 bridgehead atoms. The summed E-state index contributed by atoms with van der Waals surface area (Å²) >= 11 is 0. The van der Waals surface area contributed by atoms with E-state index in [0.717, 1.165) is 81.5 Å². The quantitative estimate of drug-likeness (QED) is 0.109. The van der Waals surface area contributed by atoms with Gasteiger partial charge in [0, 0.05) is 25.1 Å². The third kappa shape index (κ3) is 8.52. The van der Waals surface area contributed by atoms with Gasteiger partial charge in [0.15, 0.2) is 0 Å². The average Bonchev–Trinajstić information content (AvgIpc) is 4.12. The van der Waals surface area contributed by atoms with Gasteiger partial charge in [-0.1, -0.05) is 78.9 Å². The molecule has 2 saturated heterocycles. The van der Waals surface area contributed by atoms with Crippen LogP contribution in [0.3, 0.4) is 0 Å². The van der Waals surface area contributed by atoms with Gasteiger partial charge in [-0.05, 0) is 70.8 Å². The number of imidazole rings is 2. The number of nitrogens with zero attached hydrogens (tertiary/aromatic N) is 4. The van der Waals surface area contributed by atoms with Crippen molar-refractivity contribution in [2.24, 2.45) is 0 Å². The van der Waals surface area contributed by atoms with Crippen LogP contribution in [-0.4, -0.2) is 93.6 Å². The molecular formula is C45H46N8O6. The van der Waals surface area contributed by atoms with E-state index in [0.29, 0.717) is 25.3 Å². The smallest absolute Gasteiger partial charge is 0.407 e. The topological polar surface area (TPSA) is 175 Å². The summed E-state index contributed by atoms with van der Waals surface area (Å²) in [4.78, 5) is 70.3. The Morgan fingerprint density at radius 3 is 1.92 bits per heavy atom.